The van der Waals surface area contributed by atoms with Gasteiger partial charge in [0.25, 0.3) is 0 Å². The van der Waals surface area contributed by atoms with E-state index in [1.54, 1.807) is 19.1 Å². The fraction of sp³-hybridized carbons (Fsp3) is 0.120. The lowest BCUT2D eigenvalue weighted by Gasteiger charge is -2.27. The topological polar surface area (TPSA) is 121 Å². The van der Waals surface area contributed by atoms with Crippen molar-refractivity contribution in [1.82, 2.24) is 0 Å². The maximum Gasteiger partial charge on any atom is 0.194 e. The molecule has 0 saturated heterocycles. The summed E-state index contributed by atoms with van der Waals surface area (Å²) in [6, 6.07) is 57.3. The molecule has 0 spiro atoms. The van der Waals surface area contributed by atoms with Crippen LogP contribution in [0.5, 0.6) is 0 Å². The van der Waals surface area contributed by atoms with E-state index in [1.807, 2.05) is 115 Å². The van der Waals surface area contributed by atoms with E-state index in [1.165, 1.54) is 6.08 Å². The molecule has 57 heavy (non-hydrogen) atoms. The second-order valence-electron chi connectivity index (χ2n) is 13.8. The Hall–Kier alpha value is -7.50. The molecule has 7 nitrogen and oxygen atoms in total. The minimum absolute atomic E-state index is 0.128. The Morgan fingerprint density at radius 3 is 1.21 bits per heavy atom. The van der Waals surface area contributed by atoms with E-state index in [-0.39, 0.29) is 11.4 Å². The molecule has 6 aromatic carbocycles. The van der Waals surface area contributed by atoms with Gasteiger partial charge in [-0.3, -0.25) is 4.79 Å². The van der Waals surface area contributed by atoms with Crippen molar-refractivity contribution < 1.29 is 4.79 Å². The second kappa shape index (κ2) is 19.2. The van der Waals surface area contributed by atoms with Crippen molar-refractivity contribution in [3.8, 4) is 18.2 Å². The highest BCUT2D eigenvalue weighted by Crippen LogP contribution is 2.31. The number of carbonyl (C=O) groups excluding carboxylic acids is 1. The van der Waals surface area contributed by atoms with Gasteiger partial charge < -0.3 is 15.5 Å². The molecule has 278 valence electrons. The normalized spacial score (nSPS) is 11.3. The Kier molecular flexibility index (Phi) is 13.2. The van der Waals surface area contributed by atoms with Gasteiger partial charge in [-0.05, 0) is 76.7 Å². The fourth-order valence-corrected chi connectivity index (χ4v) is 6.64. The summed E-state index contributed by atoms with van der Waals surface area (Å²) in [4.78, 5) is 19.7. The minimum Gasteiger partial charge on any atom is -0.363 e. The molecule has 0 bridgehead atoms. The van der Waals surface area contributed by atoms with Crippen LogP contribution in [0.1, 0.15) is 56.2 Å². The van der Waals surface area contributed by atoms with Crippen molar-refractivity contribution in [3.05, 3.63) is 213 Å². The average Bonchev–Trinajstić information content (AvgIpc) is 3.25. The molecule has 0 saturated carbocycles. The first kappa shape index (κ1) is 39.2. The molecule has 0 aliphatic rings. The Bertz CT molecular complexity index is 2390. The van der Waals surface area contributed by atoms with E-state index >= 15 is 4.79 Å². The summed E-state index contributed by atoms with van der Waals surface area (Å²) < 4.78 is 0. The fourth-order valence-electron chi connectivity index (χ4n) is 6.64. The van der Waals surface area contributed by atoms with Crippen LogP contribution >= 0.6 is 0 Å². The third-order valence-corrected chi connectivity index (χ3v) is 9.63. The predicted molar refractivity (Wildman–Crippen MR) is 228 cm³/mol. The maximum atomic E-state index is 15.3. The van der Waals surface area contributed by atoms with E-state index in [0.29, 0.717) is 54.0 Å². The zero-order chi connectivity index (χ0) is 40.0. The van der Waals surface area contributed by atoms with Crippen molar-refractivity contribution in [1.29, 1.82) is 15.8 Å². The predicted octanol–water partition coefficient (Wildman–Crippen LogP) is 10.0. The third kappa shape index (κ3) is 10.4. The summed E-state index contributed by atoms with van der Waals surface area (Å²) in [6.07, 6.45) is 3.13. The van der Waals surface area contributed by atoms with Crippen molar-refractivity contribution in [2.24, 2.45) is 5.73 Å². The molecular formula is C50H42N6O. The van der Waals surface area contributed by atoms with E-state index in [2.05, 4.69) is 64.4 Å². The molecular weight excluding hydrogens is 701 g/mol. The van der Waals surface area contributed by atoms with Crippen LogP contribution in [0.4, 0.5) is 11.4 Å². The number of benzene rings is 6. The van der Waals surface area contributed by atoms with E-state index in [4.69, 9.17) is 5.73 Å². The molecule has 0 aromatic heterocycles. The Morgan fingerprint density at radius 2 is 0.895 bits per heavy atom. The van der Waals surface area contributed by atoms with E-state index in [0.717, 1.165) is 33.6 Å². The third-order valence-electron chi connectivity index (χ3n) is 9.63. The van der Waals surface area contributed by atoms with Crippen molar-refractivity contribution >= 4 is 29.3 Å². The molecule has 0 aliphatic heterocycles. The van der Waals surface area contributed by atoms with Crippen LogP contribution in [0.25, 0.3) is 12.2 Å². The Balaban J connectivity index is 1.53. The first-order chi connectivity index (χ1) is 27.8. The minimum atomic E-state index is -0.564. The van der Waals surface area contributed by atoms with Gasteiger partial charge in [0.2, 0.25) is 0 Å². The summed E-state index contributed by atoms with van der Waals surface area (Å²) in [5.74, 6) is -0.327. The first-order valence-electron chi connectivity index (χ1n) is 18.7. The van der Waals surface area contributed by atoms with Gasteiger partial charge >= 0.3 is 0 Å². The molecule has 0 amide bonds. The van der Waals surface area contributed by atoms with Crippen LogP contribution in [0.3, 0.4) is 0 Å². The number of nitriles is 3. The van der Waals surface area contributed by atoms with Crippen molar-refractivity contribution in [3.63, 3.8) is 0 Å². The lowest BCUT2D eigenvalue weighted by atomic mass is 9.91. The Labute approximate surface area is 335 Å². The summed E-state index contributed by atoms with van der Waals surface area (Å²) in [5.41, 5.74) is 14.0. The molecule has 2 N–H and O–H groups in total. The van der Waals surface area contributed by atoms with Gasteiger partial charge in [-0.25, -0.2) is 0 Å². The molecule has 7 heteroatoms. The summed E-state index contributed by atoms with van der Waals surface area (Å²) >= 11 is 0. The second-order valence-corrected chi connectivity index (χ2v) is 13.8. The number of carbonyl (C=O) groups is 1. The van der Waals surface area contributed by atoms with Gasteiger partial charge in [0.15, 0.2) is 5.78 Å². The molecule has 1 atom stereocenters. The number of rotatable bonds is 15. The van der Waals surface area contributed by atoms with Gasteiger partial charge in [-0.15, -0.1) is 0 Å². The van der Waals surface area contributed by atoms with Crippen molar-refractivity contribution in [2.45, 2.75) is 39.1 Å². The highest BCUT2D eigenvalue weighted by Gasteiger charge is 2.22. The molecule has 1 unspecified atom stereocenters. The number of nitrogens with two attached hydrogens (primary N) is 1. The van der Waals surface area contributed by atoms with Gasteiger partial charge in [0.1, 0.15) is 17.7 Å². The highest BCUT2D eigenvalue weighted by atomic mass is 16.1. The standard InChI is InChI=1S/C50H42N6O/c1-37(54)45(32-53)27-44-23-25-47(56(35-40-18-10-4-11-19-40)36-41-20-12-5-13-21-41)29-49(44)50(57)48-28-46(24-22-43(48)26-42(30-51)31-52)55(33-38-14-6-2-7-15-38)34-39-16-8-3-9-17-39/h2-29,37H,33-36,54H2,1H3/b45-27+. The van der Waals surface area contributed by atoms with Crippen LogP contribution in [-0.2, 0) is 26.2 Å². The number of allylic oxidation sites excluding steroid dienone is 1. The van der Waals surface area contributed by atoms with Crippen molar-refractivity contribution in [2.75, 3.05) is 9.80 Å². The number of ketones is 1. The monoisotopic (exact) mass is 742 g/mol. The summed E-state index contributed by atoms with van der Waals surface area (Å²) in [5, 5.41) is 29.6. The zero-order valence-corrected chi connectivity index (χ0v) is 31.8. The van der Waals surface area contributed by atoms with Crippen LogP contribution < -0.4 is 15.5 Å². The van der Waals surface area contributed by atoms with E-state index < -0.39 is 6.04 Å². The molecule has 0 aliphatic carbocycles. The maximum absolute atomic E-state index is 15.3. The van der Waals surface area contributed by atoms with Gasteiger partial charge in [0.05, 0.1) is 6.07 Å². The highest BCUT2D eigenvalue weighted by molar-refractivity contribution is 6.14. The number of anilines is 2. The van der Waals surface area contributed by atoms with E-state index in [9.17, 15) is 15.8 Å². The lowest BCUT2D eigenvalue weighted by molar-refractivity contribution is 0.103. The van der Waals surface area contributed by atoms with Gasteiger partial charge in [-0.1, -0.05) is 133 Å². The SMILES string of the molecule is CC(N)/C(C#N)=C/c1ccc(N(Cc2ccccc2)Cc2ccccc2)cc1C(=O)c1cc(N(Cc2ccccc2)Cc2ccccc2)ccc1C=C(C#N)C#N. The van der Waals surface area contributed by atoms with Crippen LogP contribution in [0.2, 0.25) is 0 Å². The molecule has 6 rings (SSSR count). The Morgan fingerprint density at radius 1 is 0.544 bits per heavy atom. The van der Waals surface area contributed by atoms with Crippen LogP contribution in [0, 0.1) is 34.0 Å². The summed E-state index contributed by atoms with van der Waals surface area (Å²) in [7, 11) is 0. The van der Waals surface area contributed by atoms with Gasteiger partial charge in [0, 0.05) is 60.3 Å². The lowest BCUT2D eigenvalue weighted by Crippen LogP contribution is -2.23. The molecule has 0 radical (unpaired) electrons. The smallest absolute Gasteiger partial charge is 0.194 e. The van der Waals surface area contributed by atoms with Crippen LogP contribution in [0.15, 0.2) is 169 Å². The molecule has 0 fully saturated rings. The largest absolute Gasteiger partial charge is 0.363 e. The first-order valence-corrected chi connectivity index (χ1v) is 18.7. The van der Waals surface area contributed by atoms with Gasteiger partial charge in [-0.2, -0.15) is 15.8 Å². The average molecular weight is 743 g/mol. The number of nitrogens with zero attached hydrogens (tertiary/aromatic N) is 5. The zero-order valence-electron chi connectivity index (χ0n) is 31.8. The summed E-state index contributed by atoms with van der Waals surface area (Å²) in [6.45, 7) is 4.02. The number of hydrogen-bond donors (Lipinski definition) is 1. The number of hydrogen-bond acceptors (Lipinski definition) is 7. The molecule has 6 aromatic rings. The quantitative estimate of drug-likeness (QED) is 0.0821. The molecule has 0 heterocycles. The van der Waals surface area contributed by atoms with Crippen LogP contribution in [-0.4, -0.2) is 11.8 Å².